The number of rotatable bonds is 4. The maximum absolute atomic E-state index is 11.6. The van der Waals surface area contributed by atoms with Crippen LogP contribution in [-0.4, -0.2) is 54.9 Å². The van der Waals surface area contributed by atoms with E-state index < -0.39 is 23.6 Å². The van der Waals surface area contributed by atoms with Gasteiger partial charge in [0.15, 0.2) is 5.54 Å². The highest BCUT2D eigenvalue weighted by atomic mass is 16.5. The minimum Gasteiger partial charge on any atom is -0.479 e. The molecule has 1 saturated heterocycles. The quantitative estimate of drug-likeness (QED) is 0.499. The van der Waals surface area contributed by atoms with Crippen LogP contribution in [0.25, 0.3) is 0 Å². The first-order chi connectivity index (χ1) is 8.41. The van der Waals surface area contributed by atoms with Crippen molar-refractivity contribution in [1.29, 1.82) is 0 Å². The van der Waals surface area contributed by atoms with Gasteiger partial charge < -0.3 is 25.8 Å². The summed E-state index contributed by atoms with van der Waals surface area (Å²) in [5.41, 5.74) is -1.41. The number of hydrogen-bond donors (Lipinski definition) is 4. The lowest BCUT2D eigenvalue weighted by atomic mass is 9.99. The fraction of sp³-hybridized carbons (Fsp3) is 0.700. The van der Waals surface area contributed by atoms with E-state index in [0.717, 1.165) is 0 Å². The Kier molecular flexibility index (Phi) is 4.49. The maximum atomic E-state index is 11.6. The van der Waals surface area contributed by atoms with Gasteiger partial charge in [0.05, 0.1) is 6.61 Å². The number of likely N-dealkylation sites (N-methyl/N-ethyl adjacent to an activating group) is 1. The van der Waals surface area contributed by atoms with Gasteiger partial charge in [-0.2, -0.15) is 0 Å². The number of urea groups is 1. The highest BCUT2D eigenvalue weighted by Gasteiger charge is 2.44. The van der Waals surface area contributed by atoms with Gasteiger partial charge in [0, 0.05) is 20.1 Å². The van der Waals surface area contributed by atoms with Gasteiger partial charge in [-0.1, -0.05) is 0 Å². The lowest BCUT2D eigenvalue weighted by molar-refractivity contribution is -0.144. The Labute approximate surface area is 104 Å². The second kappa shape index (κ2) is 5.67. The van der Waals surface area contributed by atoms with Crippen LogP contribution in [0.4, 0.5) is 4.79 Å². The average molecular weight is 259 g/mol. The topological polar surface area (TPSA) is 117 Å². The highest BCUT2D eigenvalue weighted by molar-refractivity contribution is 5.90. The van der Waals surface area contributed by atoms with E-state index >= 15 is 0 Å². The lowest BCUT2D eigenvalue weighted by Gasteiger charge is -2.24. The normalized spacial score (nSPS) is 24.1. The summed E-state index contributed by atoms with van der Waals surface area (Å²) in [6.07, 6.45) is 0.199. The molecule has 1 heterocycles. The number of carboxylic acids is 1. The van der Waals surface area contributed by atoms with E-state index in [4.69, 9.17) is 9.84 Å². The molecule has 0 aromatic rings. The molecule has 0 saturated carbocycles. The Morgan fingerprint density at radius 2 is 2.06 bits per heavy atom. The van der Waals surface area contributed by atoms with Crippen molar-refractivity contribution in [2.45, 2.75) is 24.9 Å². The molecule has 8 nitrogen and oxygen atoms in total. The number of carbonyl (C=O) groups is 3. The van der Waals surface area contributed by atoms with Gasteiger partial charge in [-0.3, -0.25) is 4.79 Å². The molecule has 18 heavy (non-hydrogen) atoms. The molecule has 0 aliphatic carbocycles. The molecule has 1 aliphatic rings. The number of carbonyl (C=O) groups excluding carboxylic acids is 2. The number of nitrogens with one attached hydrogen (secondary N) is 3. The molecule has 0 bridgehead atoms. The molecule has 2 atom stereocenters. The third-order valence-corrected chi connectivity index (χ3v) is 2.77. The summed E-state index contributed by atoms with van der Waals surface area (Å²) in [4.78, 5) is 34.0. The van der Waals surface area contributed by atoms with Crippen LogP contribution in [0.5, 0.6) is 0 Å². The SMILES string of the molecule is CNC(=O)C(C)NC(=O)NC1(C(=O)O)CCOC1. The van der Waals surface area contributed by atoms with Crippen LogP contribution >= 0.6 is 0 Å². The van der Waals surface area contributed by atoms with Crippen LogP contribution in [0.3, 0.4) is 0 Å². The molecule has 0 aromatic heterocycles. The van der Waals surface area contributed by atoms with Gasteiger partial charge in [-0.25, -0.2) is 9.59 Å². The zero-order valence-corrected chi connectivity index (χ0v) is 10.3. The molecular formula is C10H17N3O5. The van der Waals surface area contributed by atoms with E-state index in [1.54, 1.807) is 0 Å². The Bertz CT molecular complexity index is 351. The summed E-state index contributed by atoms with van der Waals surface area (Å²) >= 11 is 0. The first-order valence-electron chi connectivity index (χ1n) is 5.53. The van der Waals surface area contributed by atoms with Crippen LogP contribution < -0.4 is 16.0 Å². The Hall–Kier alpha value is -1.83. The molecule has 0 spiro atoms. The number of aliphatic carboxylic acids is 1. The molecule has 2 unspecified atom stereocenters. The average Bonchev–Trinajstić information content (AvgIpc) is 2.77. The van der Waals surface area contributed by atoms with Gasteiger partial charge >= 0.3 is 12.0 Å². The first kappa shape index (κ1) is 14.2. The zero-order valence-electron chi connectivity index (χ0n) is 10.3. The predicted octanol–water partition coefficient (Wildman–Crippen LogP) is -1.34. The van der Waals surface area contributed by atoms with Crippen molar-refractivity contribution < 1.29 is 24.2 Å². The van der Waals surface area contributed by atoms with Crippen molar-refractivity contribution in [3.8, 4) is 0 Å². The maximum Gasteiger partial charge on any atom is 0.332 e. The van der Waals surface area contributed by atoms with Crippen molar-refractivity contribution in [2.75, 3.05) is 20.3 Å². The van der Waals surface area contributed by atoms with E-state index in [9.17, 15) is 14.4 Å². The van der Waals surface area contributed by atoms with Crippen molar-refractivity contribution in [3.05, 3.63) is 0 Å². The molecule has 4 N–H and O–H groups in total. The Balaban J connectivity index is 2.58. The summed E-state index contributed by atoms with van der Waals surface area (Å²) in [6.45, 7) is 1.69. The fourth-order valence-corrected chi connectivity index (χ4v) is 1.62. The minimum absolute atomic E-state index is 0.0793. The summed E-state index contributed by atoms with van der Waals surface area (Å²) in [5, 5.41) is 16.2. The number of ether oxygens (including phenoxy) is 1. The molecule has 1 rings (SSSR count). The standard InChI is InChI=1S/C10H17N3O5/c1-6(7(14)11-2)12-9(17)13-10(8(15)16)3-4-18-5-10/h6H,3-5H2,1-2H3,(H,11,14)(H,15,16)(H2,12,13,17). The van der Waals surface area contributed by atoms with E-state index in [1.165, 1.54) is 14.0 Å². The highest BCUT2D eigenvalue weighted by Crippen LogP contribution is 2.18. The Morgan fingerprint density at radius 1 is 1.39 bits per heavy atom. The third-order valence-electron chi connectivity index (χ3n) is 2.77. The Morgan fingerprint density at radius 3 is 2.50 bits per heavy atom. The van der Waals surface area contributed by atoms with Crippen LogP contribution in [0.15, 0.2) is 0 Å². The van der Waals surface area contributed by atoms with Gasteiger partial charge in [-0.15, -0.1) is 0 Å². The number of hydrogen-bond acceptors (Lipinski definition) is 4. The summed E-state index contributed by atoms with van der Waals surface area (Å²) < 4.78 is 4.99. The van der Waals surface area contributed by atoms with Crippen LogP contribution in [0, 0.1) is 0 Å². The first-order valence-corrected chi connectivity index (χ1v) is 5.53. The number of amides is 3. The molecule has 102 valence electrons. The molecule has 0 aromatic carbocycles. The molecule has 3 amide bonds. The molecular weight excluding hydrogens is 242 g/mol. The van der Waals surface area contributed by atoms with Crippen LogP contribution in [0.1, 0.15) is 13.3 Å². The van der Waals surface area contributed by atoms with Crippen molar-refractivity contribution in [1.82, 2.24) is 16.0 Å². The second-order valence-electron chi connectivity index (χ2n) is 4.12. The van der Waals surface area contributed by atoms with Crippen LogP contribution in [-0.2, 0) is 14.3 Å². The smallest absolute Gasteiger partial charge is 0.332 e. The van der Waals surface area contributed by atoms with Crippen molar-refractivity contribution >= 4 is 17.9 Å². The van der Waals surface area contributed by atoms with Gasteiger partial charge in [0.25, 0.3) is 0 Å². The van der Waals surface area contributed by atoms with Crippen molar-refractivity contribution in [3.63, 3.8) is 0 Å². The summed E-state index contributed by atoms with van der Waals surface area (Å²) in [5.74, 6) is -1.51. The largest absolute Gasteiger partial charge is 0.479 e. The predicted molar refractivity (Wildman–Crippen MR) is 61.0 cm³/mol. The van der Waals surface area contributed by atoms with E-state index in [2.05, 4.69) is 16.0 Å². The van der Waals surface area contributed by atoms with Crippen LogP contribution in [0.2, 0.25) is 0 Å². The fourth-order valence-electron chi connectivity index (χ4n) is 1.62. The zero-order chi connectivity index (χ0) is 13.8. The minimum atomic E-state index is -1.41. The second-order valence-corrected chi connectivity index (χ2v) is 4.12. The third kappa shape index (κ3) is 3.10. The van der Waals surface area contributed by atoms with Crippen molar-refractivity contribution in [2.24, 2.45) is 0 Å². The van der Waals surface area contributed by atoms with E-state index in [-0.39, 0.29) is 25.5 Å². The molecule has 1 fully saturated rings. The van der Waals surface area contributed by atoms with Gasteiger partial charge in [0.2, 0.25) is 5.91 Å². The number of carboxylic acid groups (broad SMARTS) is 1. The van der Waals surface area contributed by atoms with E-state index in [0.29, 0.717) is 0 Å². The lowest BCUT2D eigenvalue weighted by Crippen LogP contribution is -2.59. The van der Waals surface area contributed by atoms with Gasteiger partial charge in [-0.05, 0) is 6.92 Å². The molecule has 0 radical (unpaired) electrons. The summed E-state index contributed by atoms with van der Waals surface area (Å²) in [6, 6.07) is -1.46. The van der Waals surface area contributed by atoms with Gasteiger partial charge in [0.1, 0.15) is 6.04 Å². The monoisotopic (exact) mass is 259 g/mol. The molecule has 8 heteroatoms. The summed E-state index contributed by atoms with van der Waals surface area (Å²) in [7, 11) is 1.45. The molecule has 1 aliphatic heterocycles. The van der Waals surface area contributed by atoms with E-state index in [1.807, 2.05) is 0 Å².